The molecule has 0 bridgehead atoms. The van der Waals surface area contributed by atoms with E-state index in [0.29, 0.717) is 55.0 Å². The lowest BCUT2D eigenvalue weighted by Crippen LogP contribution is -2.24. The van der Waals surface area contributed by atoms with Crippen molar-refractivity contribution in [1.82, 2.24) is 0 Å². The summed E-state index contributed by atoms with van der Waals surface area (Å²) in [5.41, 5.74) is 4.15. The zero-order chi connectivity index (χ0) is 30.2. The van der Waals surface area contributed by atoms with Gasteiger partial charge in [-0.25, -0.2) is 8.78 Å². The third-order valence-electron chi connectivity index (χ3n) is 9.25. The van der Waals surface area contributed by atoms with E-state index >= 15 is 0 Å². The maximum Gasteiger partial charge on any atom is 0.270 e. The maximum atomic E-state index is 14.5. The smallest absolute Gasteiger partial charge is 0.270 e. The van der Waals surface area contributed by atoms with E-state index < -0.39 is 5.92 Å². The van der Waals surface area contributed by atoms with E-state index in [4.69, 9.17) is 14.5 Å². The molecule has 2 aromatic rings. The molecule has 0 radical (unpaired) electrons. The summed E-state index contributed by atoms with van der Waals surface area (Å²) in [4.78, 5) is 20.3. The fraction of sp³-hybridized carbons (Fsp3) is 0.444. The quantitative estimate of drug-likeness (QED) is 0.320. The minimum atomic E-state index is -3.07. The predicted molar refractivity (Wildman–Crippen MR) is 169 cm³/mol. The Morgan fingerprint density at radius 3 is 2.77 bits per heavy atom. The first-order valence-electron chi connectivity index (χ1n) is 15.6. The van der Waals surface area contributed by atoms with Crippen molar-refractivity contribution < 1.29 is 27.8 Å². The summed E-state index contributed by atoms with van der Waals surface area (Å²) < 4.78 is 40.4. The molecule has 1 saturated heterocycles. The Labute approximate surface area is 257 Å². The number of fused-ring (bicyclic) bond motifs is 2. The van der Waals surface area contributed by atoms with Crippen LogP contribution in [0.5, 0.6) is 5.75 Å². The van der Waals surface area contributed by atoms with Gasteiger partial charge in [0.25, 0.3) is 11.8 Å². The van der Waals surface area contributed by atoms with Gasteiger partial charge in [0, 0.05) is 48.4 Å². The van der Waals surface area contributed by atoms with Gasteiger partial charge in [-0.3, -0.25) is 14.5 Å². The monoisotopic (exact) mass is 606 g/mol. The molecule has 2 fully saturated rings. The average Bonchev–Trinajstić information content (AvgIpc) is 3.18. The molecule has 3 heterocycles. The van der Waals surface area contributed by atoms with Crippen LogP contribution in [0.1, 0.15) is 73.5 Å². The van der Waals surface area contributed by atoms with Gasteiger partial charge in [0.05, 0.1) is 25.3 Å². The highest BCUT2D eigenvalue weighted by Gasteiger charge is 2.62. The fourth-order valence-electron chi connectivity index (χ4n) is 6.98. The number of allylic oxidation sites excluding steroid dienone is 4. The number of hydrogen-bond acceptors (Lipinski definition) is 4. The normalized spacial score (nSPS) is 26.3. The number of alkyl halides is 2. The molecule has 1 saturated carbocycles. The van der Waals surface area contributed by atoms with Crippen molar-refractivity contribution in [2.45, 2.75) is 77.0 Å². The van der Waals surface area contributed by atoms with Crippen molar-refractivity contribution >= 4 is 17.8 Å². The SMILES string of the molecule is CC.CC(F)(F)c1cc(O[C@@H]2CCOC2)cc(N2Cc3cccc(CCC4=CC5C6CC=CC=NC56CC=C4)c3C2=O)c1.F. The van der Waals surface area contributed by atoms with E-state index in [1.807, 2.05) is 38.3 Å². The Balaban J connectivity index is 0.00000126. The second kappa shape index (κ2) is 12.8. The summed E-state index contributed by atoms with van der Waals surface area (Å²) in [6.07, 6.45) is 17.2. The fourth-order valence-corrected chi connectivity index (χ4v) is 6.98. The van der Waals surface area contributed by atoms with E-state index in [9.17, 15) is 13.6 Å². The summed E-state index contributed by atoms with van der Waals surface area (Å²) in [5, 5.41) is 0. The van der Waals surface area contributed by atoms with E-state index in [-0.39, 0.29) is 27.8 Å². The van der Waals surface area contributed by atoms with Gasteiger partial charge in [-0.1, -0.05) is 61.9 Å². The highest BCUT2D eigenvalue weighted by molar-refractivity contribution is 6.11. The molecule has 3 aliphatic heterocycles. The Hall–Kier alpha value is -3.65. The number of halogens is 3. The zero-order valence-corrected chi connectivity index (χ0v) is 25.6. The first kappa shape index (κ1) is 31.8. The lowest BCUT2D eigenvalue weighted by atomic mass is 9.96. The van der Waals surface area contributed by atoms with Crippen LogP contribution < -0.4 is 9.64 Å². The Bertz CT molecular complexity index is 1500. The third-order valence-corrected chi connectivity index (χ3v) is 9.25. The molecule has 0 N–H and O–H groups in total. The maximum absolute atomic E-state index is 14.5. The molecular formula is C36H41F3N2O3. The average molecular weight is 607 g/mol. The van der Waals surface area contributed by atoms with Gasteiger partial charge in [0.1, 0.15) is 11.9 Å². The van der Waals surface area contributed by atoms with Gasteiger partial charge in [-0.05, 0) is 60.9 Å². The van der Waals surface area contributed by atoms with Crippen molar-refractivity contribution in [3.05, 3.63) is 94.6 Å². The third kappa shape index (κ3) is 6.01. The molecule has 5 aliphatic rings. The van der Waals surface area contributed by atoms with Crippen LogP contribution in [0.3, 0.4) is 0 Å². The minimum absolute atomic E-state index is 0. The lowest BCUT2D eigenvalue weighted by molar-refractivity contribution is 0.0170. The van der Waals surface area contributed by atoms with E-state index in [1.165, 1.54) is 17.7 Å². The summed E-state index contributed by atoms with van der Waals surface area (Å²) in [6.45, 7) is 6.22. The number of carbonyl (C=O) groups is 1. The Morgan fingerprint density at radius 2 is 2.00 bits per heavy atom. The number of anilines is 1. The van der Waals surface area contributed by atoms with Gasteiger partial charge < -0.3 is 14.4 Å². The van der Waals surface area contributed by atoms with E-state index in [2.05, 4.69) is 30.4 Å². The number of benzene rings is 2. The first-order chi connectivity index (χ1) is 20.8. The summed E-state index contributed by atoms with van der Waals surface area (Å²) in [5.74, 6) is -1.87. The molecule has 234 valence electrons. The molecule has 5 nitrogen and oxygen atoms in total. The van der Waals surface area contributed by atoms with Crippen LogP contribution >= 0.6 is 0 Å². The Kier molecular flexibility index (Phi) is 9.21. The van der Waals surface area contributed by atoms with Crippen LogP contribution in [0.25, 0.3) is 0 Å². The number of rotatable bonds is 7. The molecule has 2 aliphatic carbocycles. The van der Waals surface area contributed by atoms with Crippen LogP contribution in [0, 0.1) is 11.8 Å². The number of aryl methyl sites for hydroxylation is 1. The second-order valence-electron chi connectivity index (χ2n) is 12.0. The molecule has 7 rings (SSSR count). The molecule has 1 spiro atoms. The topological polar surface area (TPSA) is 51.1 Å². The first-order valence-corrected chi connectivity index (χ1v) is 15.6. The van der Waals surface area contributed by atoms with Gasteiger partial charge in [-0.2, -0.15) is 0 Å². The standard InChI is InChI=1S/C34H34F2N2O3.C2H6.FH/c1-33(35,36)25-17-26(19-28(18-25)41-27-12-15-40-21-27)38-20-24-8-4-7-23(31(24)32(38)39)11-10-22-6-5-13-34-29(30(34)16-22)9-2-3-14-37-34;1-2;/h2-8,14,16-19,27,29-30H,9-13,15,20-21H2,1H3;1-2H3;1H/t27-,29?,30?,34?;;/m1../s1. The highest BCUT2D eigenvalue weighted by Crippen LogP contribution is 2.60. The molecular weight excluding hydrogens is 565 g/mol. The summed E-state index contributed by atoms with van der Waals surface area (Å²) in [6, 6.07) is 10.4. The molecule has 8 heteroatoms. The zero-order valence-electron chi connectivity index (χ0n) is 25.6. The number of aliphatic imine (C=N–C) groups is 1. The van der Waals surface area contributed by atoms with Crippen LogP contribution in [0.2, 0.25) is 0 Å². The van der Waals surface area contributed by atoms with Crippen molar-refractivity contribution in [3.63, 3.8) is 0 Å². The summed E-state index contributed by atoms with van der Waals surface area (Å²) in [7, 11) is 0. The molecule has 1 amide bonds. The Morgan fingerprint density at radius 1 is 1.16 bits per heavy atom. The van der Waals surface area contributed by atoms with Gasteiger partial charge in [0.2, 0.25) is 0 Å². The van der Waals surface area contributed by atoms with Gasteiger partial charge >= 0.3 is 0 Å². The minimum Gasteiger partial charge on any atom is -0.488 e. The van der Waals surface area contributed by atoms with Crippen LogP contribution in [0.15, 0.2) is 77.3 Å². The number of ether oxygens (including phenoxy) is 2. The van der Waals surface area contributed by atoms with Crippen molar-refractivity contribution in [3.8, 4) is 5.75 Å². The largest absolute Gasteiger partial charge is 0.488 e. The van der Waals surface area contributed by atoms with Crippen LogP contribution in [-0.2, 0) is 23.6 Å². The molecule has 44 heavy (non-hydrogen) atoms. The van der Waals surface area contributed by atoms with Crippen LogP contribution in [0.4, 0.5) is 19.2 Å². The predicted octanol–water partition coefficient (Wildman–Crippen LogP) is 8.14. The number of nitrogens with zero attached hydrogens (tertiary/aromatic N) is 2. The molecule has 3 unspecified atom stereocenters. The number of hydrogen-bond donors (Lipinski definition) is 0. The lowest BCUT2D eigenvalue weighted by Gasteiger charge is -2.22. The summed E-state index contributed by atoms with van der Waals surface area (Å²) >= 11 is 0. The van der Waals surface area contributed by atoms with Crippen LogP contribution in [-0.4, -0.2) is 37.0 Å². The molecule has 4 atom stereocenters. The second-order valence-corrected chi connectivity index (χ2v) is 12.0. The van der Waals surface area contributed by atoms with E-state index in [1.54, 1.807) is 11.0 Å². The van der Waals surface area contributed by atoms with Gasteiger partial charge in [0.15, 0.2) is 0 Å². The van der Waals surface area contributed by atoms with Crippen molar-refractivity contribution in [2.24, 2.45) is 16.8 Å². The number of amides is 1. The van der Waals surface area contributed by atoms with Gasteiger partial charge in [-0.15, -0.1) is 0 Å². The molecule has 0 aromatic heterocycles. The van der Waals surface area contributed by atoms with E-state index in [0.717, 1.165) is 43.7 Å². The van der Waals surface area contributed by atoms with Crippen molar-refractivity contribution in [2.75, 3.05) is 18.1 Å². The van der Waals surface area contributed by atoms with Crippen molar-refractivity contribution in [1.29, 1.82) is 0 Å². The number of carbonyl (C=O) groups excluding carboxylic acids is 1. The molecule has 2 aromatic carbocycles. The highest BCUT2D eigenvalue weighted by atomic mass is 19.3.